The molecule has 0 aliphatic carbocycles. The molecular weight excluding hydrogens is 330 g/mol. The Hall–Kier alpha value is -1.90. The molecule has 0 unspecified atom stereocenters. The smallest absolute Gasteiger partial charge is 0.336 e. The molecule has 142 valence electrons. The molecule has 1 heterocycles. The number of carbonyl (C=O) groups excluding carboxylic acids is 1. The van der Waals surface area contributed by atoms with Crippen molar-refractivity contribution in [3.8, 4) is 11.8 Å². The monoisotopic (exact) mass is 359 g/mol. The molecule has 2 rings (SSSR count). The summed E-state index contributed by atoms with van der Waals surface area (Å²) in [7, 11) is 0. The minimum Gasteiger partial charge on any atom is -0.425 e. The van der Waals surface area contributed by atoms with Crippen LogP contribution in [-0.2, 0) is 20.7 Å². The zero-order valence-electron chi connectivity index (χ0n) is 15.8. The van der Waals surface area contributed by atoms with Crippen molar-refractivity contribution in [3.63, 3.8) is 0 Å². The maximum absolute atomic E-state index is 12.5. The fraction of sp³-hybridized carbons (Fsp3) is 0.619. The lowest BCUT2D eigenvalue weighted by Gasteiger charge is -2.33. The highest BCUT2D eigenvalue weighted by molar-refractivity contribution is 5.82. The van der Waals surface area contributed by atoms with Crippen LogP contribution in [0.5, 0.6) is 5.75 Å². The van der Waals surface area contributed by atoms with E-state index in [1.807, 2.05) is 18.2 Å². The van der Waals surface area contributed by atoms with Crippen molar-refractivity contribution in [3.05, 3.63) is 29.8 Å². The molecule has 0 radical (unpaired) electrons. The summed E-state index contributed by atoms with van der Waals surface area (Å²) in [6.07, 6.45) is 7.03. The van der Waals surface area contributed by atoms with Gasteiger partial charge in [-0.25, -0.2) is 4.79 Å². The summed E-state index contributed by atoms with van der Waals surface area (Å²) in [4.78, 5) is 12.5. The molecule has 1 aliphatic rings. The number of benzene rings is 1. The summed E-state index contributed by atoms with van der Waals surface area (Å²) in [5.74, 6) is -0.176. The molecule has 1 fully saturated rings. The van der Waals surface area contributed by atoms with Crippen LogP contribution in [0.2, 0.25) is 0 Å². The van der Waals surface area contributed by atoms with E-state index in [-0.39, 0.29) is 19.5 Å². The lowest BCUT2D eigenvalue weighted by atomic mass is 9.91. The molecule has 0 bridgehead atoms. The molecule has 5 heteroatoms. The fourth-order valence-corrected chi connectivity index (χ4v) is 2.83. The van der Waals surface area contributed by atoms with Gasteiger partial charge < -0.3 is 14.2 Å². The SMILES string of the molecule is CCCCCc1ccc(OC(=O)[C@]2(C#N)CO[C@H](CCCC)OC2)cc1. The molecule has 26 heavy (non-hydrogen) atoms. The van der Waals surface area contributed by atoms with Crippen LogP contribution in [0.1, 0.15) is 57.9 Å². The Balaban J connectivity index is 1.90. The fourth-order valence-electron chi connectivity index (χ4n) is 2.83. The Morgan fingerprint density at radius 2 is 1.81 bits per heavy atom. The maximum atomic E-state index is 12.5. The second-order valence-electron chi connectivity index (χ2n) is 6.88. The van der Waals surface area contributed by atoms with Gasteiger partial charge in [-0.1, -0.05) is 45.2 Å². The topological polar surface area (TPSA) is 68.6 Å². The van der Waals surface area contributed by atoms with Gasteiger partial charge in [0.25, 0.3) is 0 Å². The van der Waals surface area contributed by atoms with E-state index in [2.05, 4.69) is 13.8 Å². The molecule has 0 atom stereocenters. The molecule has 0 N–H and O–H groups in total. The van der Waals surface area contributed by atoms with Crippen LogP contribution in [0.15, 0.2) is 24.3 Å². The van der Waals surface area contributed by atoms with Gasteiger partial charge >= 0.3 is 5.97 Å². The molecule has 0 spiro atoms. The molecule has 0 saturated carbocycles. The highest BCUT2D eigenvalue weighted by atomic mass is 16.7. The van der Waals surface area contributed by atoms with Crippen LogP contribution >= 0.6 is 0 Å². The number of nitriles is 1. The Morgan fingerprint density at radius 3 is 2.38 bits per heavy atom. The van der Waals surface area contributed by atoms with Gasteiger partial charge in [0.2, 0.25) is 5.41 Å². The minimum absolute atomic E-state index is 0.00577. The first-order chi connectivity index (χ1) is 12.6. The third kappa shape index (κ3) is 5.55. The van der Waals surface area contributed by atoms with E-state index in [0.29, 0.717) is 5.75 Å². The maximum Gasteiger partial charge on any atom is 0.336 e. The van der Waals surface area contributed by atoms with Gasteiger partial charge in [0, 0.05) is 0 Å². The number of ether oxygens (including phenoxy) is 3. The van der Waals surface area contributed by atoms with E-state index >= 15 is 0 Å². The van der Waals surface area contributed by atoms with Gasteiger partial charge in [-0.2, -0.15) is 5.26 Å². The van der Waals surface area contributed by atoms with Gasteiger partial charge in [0.05, 0.1) is 19.3 Å². The van der Waals surface area contributed by atoms with Crippen molar-refractivity contribution < 1.29 is 19.0 Å². The molecule has 1 aromatic rings. The van der Waals surface area contributed by atoms with E-state index in [1.54, 1.807) is 12.1 Å². The van der Waals surface area contributed by atoms with Gasteiger partial charge in [0.15, 0.2) is 6.29 Å². The summed E-state index contributed by atoms with van der Waals surface area (Å²) in [6, 6.07) is 9.52. The average molecular weight is 359 g/mol. The molecular formula is C21H29NO4. The third-order valence-electron chi connectivity index (χ3n) is 4.63. The normalized spacial score (nSPS) is 22.6. The molecule has 1 aliphatic heterocycles. The second-order valence-corrected chi connectivity index (χ2v) is 6.88. The van der Waals surface area contributed by atoms with Crippen molar-refractivity contribution in [1.29, 1.82) is 5.26 Å². The molecule has 1 aromatic carbocycles. The van der Waals surface area contributed by atoms with Crippen molar-refractivity contribution in [2.24, 2.45) is 5.41 Å². The summed E-state index contributed by atoms with van der Waals surface area (Å²) in [5.41, 5.74) is -0.181. The summed E-state index contributed by atoms with van der Waals surface area (Å²) >= 11 is 0. The van der Waals surface area contributed by atoms with E-state index in [1.165, 1.54) is 18.4 Å². The van der Waals surface area contributed by atoms with Gasteiger partial charge in [-0.05, 0) is 43.4 Å². The van der Waals surface area contributed by atoms with Crippen molar-refractivity contribution >= 4 is 5.97 Å². The predicted molar refractivity (Wildman–Crippen MR) is 98.6 cm³/mol. The predicted octanol–water partition coefficient (Wildman–Crippen LogP) is 4.40. The standard InChI is InChI=1S/C21H29NO4/c1-3-5-7-8-17-10-12-18(13-11-17)26-20(23)21(14-22)15-24-19(25-16-21)9-6-4-2/h10-13,19H,3-9,15-16H2,1-2H3/t19-,21+. The van der Waals surface area contributed by atoms with Gasteiger partial charge in [0.1, 0.15) is 5.75 Å². The van der Waals surface area contributed by atoms with Crippen molar-refractivity contribution in [2.75, 3.05) is 13.2 Å². The van der Waals surface area contributed by atoms with E-state index in [0.717, 1.165) is 32.1 Å². The summed E-state index contributed by atoms with van der Waals surface area (Å²) in [6.45, 7) is 4.28. The number of rotatable bonds is 9. The van der Waals surface area contributed by atoms with Gasteiger partial charge in [-0.15, -0.1) is 0 Å². The lowest BCUT2D eigenvalue weighted by Crippen LogP contribution is -2.48. The highest BCUT2D eigenvalue weighted by Crippen LogP contribution is 2.28. The number of esters is 1. The first-order valence-corrected chi connectivity index (χ1v) is 9.59. The number of unbranched alkanes of at least 4 members (excludes halogenated alkanes) is 3. The van der Waals surface area contributed by atoms with Crippen LogP contribution in [0, 0.1) is 16.7 Å². The third-order valence-corrected chi connectivity index (χ3v) is 4.63. The Labute approximate surface area is 156 Å². The number of carbonyl (C=O) groups is 1. The average Bonchev–Trinajstić information content (AvgIpc) is 2.68. The molecule has 1 saturated heterocycles. The number of hydrogen-bond acceptors (Lipinski definition) is 5. The van der Waals surface area contributed by atoms with Crippen molar-refractivity contribution in [1.82, 2.24) is 0 Å². The number of hydrogen-bond donors (Lipinski definition) is 0. The van der Waals surface area contributed by atoms with E-state index in [4.69, 9.17) is 14.2 Å². The first-order valence-electron chi connectivity index (χ1n) is 9.59. The summed E-state index contributed by atoms with van der Waals surface area (Å²) < 4.78 is 16.6. The Bertz CT molecular complexity index is 597. The molecule has 0 aromatic heterocycles. The number of aryl methyl sites for hydroxylation is 1. The largest absolute Gasteiger partial charge is 0.425 e. The van der Waals surface area contributed by atoms with Crippen LogP contribution < -0.4 is 4.74 Å². The van der Waals surface area contributed by atoms with Crippen LogP contribution in [0.3, 0.4) is 0 Å². The van der Waals surface area contributed by atoms with Crippen LogP contribution in [-0.4, -0.2) is 25.5 Å². The Kier molecular flexibility index (Phi) is 8.08. The van der Waals surface area contributed by atoms with Gasteiger partial charge in [-0.3, -0.25) is 0 Å². The van der Waals surface area contributed by atoms with Crippen molar-refractivity contribution in [2.45, 2.75) is 65.1 Å². The van der Waals surface area contributed by atoms with Crippen LogP contribution in [0.25, 0.3) is 0 Å². The second kappa shape index (κ2) is 10.3. The van der Waals surface area contributed by atoms with E-state index in [9.17, 15) is 10.1 Å². The lowest BCUT2D eigenvalue weighted by molar-refractivity contribution is -0.223. The highest BCUT2D eigenvalue weighted by Gasteiger charge is 2.46. The number of nitrogens with zero attached hydrogens (tertiary/aromatic N) is 1. The Morgan fingerprint density at radius 1 is 1.15 bits per heavy atom. The van der Waals surface area contributed by atoms with E-state index < -0.39 is 11.4 Å². The molecule has 5 nitrogen and oxygen atoms in total. The summed E-state index contributed by atoms with van der Waals surface area (Å²) in [5, 5.41) is 9.51. The molecule has 0 amide bonds. The zero-order valence-corrected chi connectivity index (χ0v) is 15.8. The zero-order chi connectivity index (χ0) is 18.8. The minimum atomic E-state index is -1.40. The first kappa shape index (κ1) is 20.4. The quantitative estimate of drug-likeness (QED) is 0.371. The van der Waals surface area contributed by atoms with Crippen LogP contribution in [0.4, 0.5) is 0 Å².